The maximum Gasteiger partial charge on any atom is 0.253 e. The van der Waals surface area contributed by atoms with E-state index in [-0.39, 0.29) is 5.91 Å². The Hall–Kier alpha value is -1.71. The first kappa shape index (κ1) is 13.7. The van der Waals surface area contributed by atoms with Gasteiger partial charge < -0.3 is 15.8 Å². The SMILES string of the molecule is CCC1(CNC(=O)c2cc(OC)ccc2N)CCC1. The topological polar surface area (TPSA) is 64.3 Å². The van der Waals surface area contributed by atoms with E-state index in [0.717, 1.165) is 13.0 Å². The van der Waals surface area contributed by atoms with E-state index in [0.29, 0.717) is 22.4 Å². The molecule has 1 aliphatic carbocycles. The Labute approximate surface area is 114 Å². The number of hydrogen-bond acceptors (Lipinski definition) is 3. The van der Waals surface area contributed by atoms with Gasteiger partial charge in [0, 0.05) is 12.2 Å². The van der Waals surface area contributed by atoms with Crippen LogP contribution >= 0.6 is 0 Å². The lowest BCUT2D eigenvalue weighted by Crippen LogP contribution is -2.41. The van der Waals surface area contributed by atoms with Crippen LogP contribution in [0.15, 0.2) is 18.2 Å². The summed E-state index contributed by atoms with van der Waals surface area (Å²) in [6.45, 7) is 2.92. The van der Waals surface area contributed by atoms with Gasteiger partial charge in [0.05, 0.1) is 12.7 Å². The smallest absolute Gasteiger partial charge is 0.253 e. The van der Waals surface area contributed by atoms with Gasteiger partial charge in [0.1, 0.15) is 5.75 Å². The lowest BCUT2D eigenvalue weighted by molar-refractivity contribution is 0.0850. The Morgan fingerprint density at radius 2 is 2.21 bits per heavy atom. The van der Waals surface area contributed by atoms with Crippen molar-refractivity contribution >= 4 is 11.6 Å². The summed E-state index contributed by atoms with van der Waals surface area (Å²) in [6, 6.07) is 5.14. The number of carbonyl (C=O) groups excluding carboxylic acids is 1. The maximum absolute atomic E-state index is 12.2. The fraction of sp³-hybridized carbons (Fsp3) is 0.533. The van der Waals surface area contributed by atoms with E-state index in [1.807, 2.05) is 0 Å². The van der Waals surface area contributed by atoms with Crippen LogP contribution in [0, 0.1) is 5.41 Å². The summed E-state index contributed by atoms with van der Waals surface area (Å²) in [5.41, 5.74) is 7.13. The minimum absolute atomic E-state index is 0.115. The van der Waals surface area contributed by atoms with Crippen LogP contribution in [-0.2, 0) is 0 Å². The molecule has 0 bridgehead atoms. The first-order chi connectivity index (χ1) is 9.10. The molecule has 0 radical (unpaired) electrons. The molecule has 3 N–H and O–H groups in total. The van der Waals surface area contributed by atoms with E-state index >= 15 is 0 Å². The van der Waals surface area contributed by atoms with Crippen LogP contribution in [-0.4, -0.2) is 19.6 Å². The van der Waals surface area contributed by atoms with E-state index in [9.17, 15) is 4.79 Å². The molecule has 0 aromatic heterocycles. The van der Waals surface area contributed by atoms with E-state index in [1.165, 1.54) is 19.3 Å². The molecule has 0 unspecified atom stereocenters. The molecule has 1 fully saturated rings. The largest absolute Gasteiger partial charge is 0.497 e. The highest BCUT2D eigenvalue weighted by Gasteiger charge is 2.35. The monoisotopic (exact) mass is 262 g/mol. The number of anilines is 1. The summed E-state index contributed by atoms with van der Waals surface area (Å²) in [5, 5.41) is 3.01. The van der Waals surface area contributed by atoms with Crippen LogP contribution in [0.2, 0.25) is 0 Å². The molecular weight excluding hydrogens is 240 g/mol. The summed E-state index contributed by atoms with van der Waals surface area (Å²) in [5.74, 6) is 0.532. The molecule has 0 atom stereocenters. The van der Waals surface area contributed by atoms with Crippen LogP contribution in [0.4, 0.5) is 5.69 Å². The van der Waals surface area contributed by atoms with Gasteiger partial charge >= 0.3 is 0 Å². The molecule has 1 aromatic carbocycles. The van der Waals surface area contributed by atoms with Crippen molar-refractivity contribution in [2.24, 2.45) is 5.41 Å². The summed E-state index contributed by atoms with van der Waals surface area (Å²) < 4.78 is 5.12. The van der Waals surface area contributed by atoms with E-state index in [2.05, 4.69) is 12.2 Å². The molecule has 1 saturated carbocycles. The Kier molecular flexibility index (Phi) is 3.98. The Balaban J connectivity index is 2.03. The van der Waals surface area contributed by atoms with Crippen molar-refractivity contribution in [3.63, 3.8) is 0 Å². The second kappa shape index (κ2) is 5.51. The number of hydrogen-bond donors (Lipinski definition) is 2. The number of nitrogens with one attached hydrogen (secondary N) is 1. The second-order valence-electron chi connectivity index (χ2n) is 5.34. The predicted molar refractivity (Wildman–Crippen MR) is 76.3 cm³/mol. The molecule has 2 rings (SSSR count). The second-order valence-corrected chi connectivity index (χ2v) is 5.34. The van der Waals surface area contributed by atoms with Gasteiger partial charge in [-0.25, -0.2) is 0 Å². The highest BCUT2D eigenvalue weighted by atomic mass is 16.5. The van der Waals surface area contributed by atoms with E-state index < -0.39 is 0 Å². The van der Waals surface area contributed by atoms with Crippen LogP contribution in [0.25, 0.3) is 0 Å². The van der Waals surface area contributed by atoms with Gasteiger partial charge in [-0.1, -0.05) is 13.3 Å². The molecule has 1 aliphatic rings. The summed E-state index contributed by atoms with van der Waals surface area (Å²) in [7, 11) is 1.58. The van der Waals surface area contributed by atoms with E-state index in [4.69, 9.17) is 10.5 Å². The fourth-order valence-corrected chi connectivity index (χ4v) is 2.55. The zero-order valence-electron chi connectivity index (χ0n) is 11.7. The number of rotatable bonds is 5. The molecule has 4 heteroatoms. The molecule has 0 heterocycles. The molecule has 104 valence electrons. The third-order valence-corrected chi connectivity index (χ3v) is 4.29. The van der Waals surface area contributed by atoms with Crippen molar-refractivity contribution in [1.29, 1.82) is 0 Å². The van der Waals surface area contributed by atoms with Crippen molar-refractivity contribution in [2.75, 3.05) is 19.4 Å². The number of benzene rings is 1. The molecule has 0 spiro atoms. The third kappa shape index (κ3) is 2.83. The molecule has 1 amide bonds. The van der Waals surface area contributed by atoms with Gasteiger partial charge in [-0.15, -0.1) is 0 Å². The number of nitrogen functional groups attached to an aromatic ring is 1. The van der Waals surface area contributed by atoms with Crippen LogP contribution in [0.3, 0.4) is 0 Å². The van der Waals surface area contributed by atoms with Gasteiger partial charge in [-0.2, -0.15) is 0 Å². The normalized spacial score (nSPS) is 16.5. The van der Waals surface area contributed by atoms with Gasteiger partial charge in [0.25, 0.3) is 5.91 Å². The predicted octanol–water partition coefficient (Wildman–Crippen LogP) is 2.59. The highest BCUT2D eigenvalue weighted by Crippen LogP contribution is 2.43. The van der Waals surface area contributed by atoms with Crippen molar-refractivity contribution in [1.82, 2.24) is 5.32 Å². The van der Waals surface area contributed by atoms with Crippen molar-refractivity contribution in [3.8, 4) is 5.75 Å². The summed E-state index contributed by atoms with van der Waals surface area (Å²) >= 11 is 0. The average Bonchev–Trinajstić information content (AvgIpc) is 2.38. The molecule has 4 nitrogen and oxygen atoms in total. The third-order valence-electron chi connectivity index (χ3n) is 4.29. The Morgan fingerprint density at radius 3 is 2.74 bits per heavy atom. The molecule has 1 aromatic rings. The maximum atomic E-state index is 12.2. The molecule has 0 aliphatic heterocycles. The summed E-state index contributed by atoms with van der Waals surface area (Å²) in [4.78, 5) is 12.2. The number of carbonyl (C=O) groups is 1. The van der Waals surface area contributed by atoms with Gasteiger partial charge in [-0.05, 0) is 42.9 Å². The van der Waals surface area contributed by atoms with E-state index in [1.54, 1.807) is 25.3 Å². The van der Waals surface area contributed by atoms with Crippen molar-refractivity contribution < 1.29 is 9.53 Å². The first-order valence-corrected chi connectivity index (χ1v) is 6.82. The van der Waals surface area contributed by atoms with Crippen LogP contribution < -0.4 is 15.8 Å². The Morgan fingerprint density at radius 1 is 1.47 bits per heavy atom. The number of methoxy groups -OCH3 is 1. The highest BCUT2D eigenvalue weighted by molar-refractivity contribution is 5.99. The lowest BCUT2D eigenvalue weighted by Gasteiger charge is -2.41. The Bertz CT molecular complexity index is 462. The van der Waals surface area contributed by atoms with Crippen LogP contribution in [0.1, 0.15) is 43.0 Å². The quantitative estimate of drug-likeness (QED) is 0.802. The molecular formula is C15H22N2O2. The zero-order valence-corrected chi connectivity index (χ0v) is 11.7. The zero-order chi connectivity index (χ0) is 13.9. The minimum Gasteiger partial charge on any atom is -0.497 e. The number of nitrogens with two attached hydrogens (primary N) is 1. The fourth-order valence-electron chi connectivity index (χ4n) is 2.55. The first-order valence-electron chi connectivity index (χ1n) is 6.82. The summed E-state index contributed by atoms with van der Waals surface area (Å²) in [6.07, 6.45) is 4.79. The van der Waals surface area contributed by atoms with Gasteiger partial charge in [0.2, 0.25) is 0 Å². The van der Waals surface area contributed by atoms with Gasteiger partial charge in [0.15, 0.2) is 0 Å². The minimum atomic E-state index is -0.115. The van der Waals surface area contributed by atoms with Gasteiger partial charge in [-0.3, -0.25) is 4.79 Å². The van der Waals surface area contributed by atoms with Crippen molar-refractivity contribution in [2.45, 2.75) is 32.6 Å². The number of ether oxygens (including phenoxy) is 1. The van der Waals surface area contributed by atoms with Crippen molar-refractivity contribution in [3.05, 3.63) is 23.8 Å². The standard InChI is InChI=1S/C15H22N2O2/c1-3-15(7-4-8-15)10-17-14(18)12-9-11(19-2)5-6-13(12)16/h5-6,9H,3-4,7-8,10,16H2,1-2H3,(H,17,18). The molecule has 0 saturated heterocycles. The molecule has 19 heavy (non-hydrogen) atoms. The van der Waals surface area contributed by atoms with Crippen LogP contribution in [0.5, 0.6) is 5.75 Å². The average molecular weight is 262 g/mol. The number of amides is 1. The lowest BCUT2D eigenvalue weighted by atomic mass is 9.67.